The summed E-state index contributed by atoms with van der Waals surface area (Å²) in [6.07, 6.45) is 1.70. The van der Waals surface area contributed by atoms with Crippen LogP contribution in [0.15, 0.2) is 0 Å². The zero-order chi connectivity index (χ0) is 15.1. The van der Waals surface area contributed by atoms with E-state index in [1.165, 1.54) is 4.90 Å². The fourth-order valence-corrected chi connectivity index (χ4v) is 2.46. The molecule has 0 spiro atoms. The molecule has 1 aliphatic rings. The molecular weight excluding hydrogens is 264 g/mol. The third-order valence-electron chi connectivity index (χ3n) is 3.77. The number of nitrogens with one attached hydrogen (secondary N) is 1. The SMILES string of the molecule is COCCCC(NC(=O)N1CCC(C)C1CO)C(=O)O. The summed E-state index contributed by atoms with van der Waals surface area (Å²) in [6, 6.07) is -1.57. The number of hydrogen-bond acceptors (Lipinski definition) is 4. The number of amides is 2. The first kappa shape index (κ1) is 16.7. The van der Waals surface area contributed by atoms with Crippen molar-refractivity contribution in [1.29, 1.82) is 0 Å². The van der Waals surface area contributed by atoms with Crippen LogP contribution in [0.3, 0.4) is 0 Å². The monoisotopic (exact) mass is 288 g/mol. The van der Waals surface area contributed by atoms with Crippen LogP contribution in [-0.4, -0.2) is 66.1 Å². The quantitative estimate of drug-likeness (QED) is 0.584. The molecule has 0 saturated carbocycles. The van der Waals surface area contributed by atoms with E-state index in [0.717, 1.165) is 6.42 Å². The van der Waals surface area contributed by atoms with Crippen molar-refractivity contribution in [3.63, 3.8) is 0 Å². The molecular formula is C13H24N2O5. The fourth-order valence-electron chi connectivity index (χ4n) is 2.46. The molecule has 7 nitrogen and oxygen atoms in total. The second kappa shape index (κ2) is 8.06. The highest BCUT2D eigenvalue weighted by Crippen LogP contribution is 2.23. The Kier molecular flexibility index (Phi) is 6.74. The summed E-state index contributed by atoms with van der Waals surface area (Å²) in [6.45, 7) is 2.87. The number of likely N-dealkylation sites (tertiary alicyclic amines) is 1. The zero-order valence-corrected chi connectivity index (χ0v) is 12.0. The van der Waals surface area contributed by atoms with Gasteiger partial charge in [0.05, 0.1) is 12.6 Å². The number of urea groups is 1. The molecule has 3 unspecified atom stereocenters. The summed E-state index contributed by atoms with van der Waals surface area (Å²) in [5.41, 5.74) is 0. The lowest BCUT2D eigenvalue weighted by Crippen LogP contribution is -2.51. The zero-order valence-electron chi connectivity index (χ0n) is 12.0. The average Bonchev–Trinajstić information content (AvgIpc) is 2.78. The van der Waals surface area contributed by atoms with Gasteiger partial charge < -0.3 is 25.2 Å². The Balaban J connectivity index is 2.55. The number of aliphatic carboxylic acids is 1. The second-order valence-electron chi connectivity index (χ2n) is 5.18. The highest BCUT2D eigenvalue weighted by atomic mass is 16.5. The van der Waals surface area contributed by atoms with Gasteiger partial charge in [-0.3, -0.25) is 0 Å². The number of ether oxygens (including phenoxy) is 1. The van der Waals surface area contributed by atoms with Crippen LogP contribution in [-0.2, 0) is 9.53 Å². The van der Waals surface area contributed by atoms with Gasteiger partial charge in [0, 0.05) is 20.3 Å². The third kappa shape index (κ3) is 4.35. The number of carboxylic acids is 1. The number of methoxy groups -OCH3 is 1. The molecule has 1 heterocycles. The standard InChI is InChI=1S/C13H24N2O5/c1-9-5-6-15(11(9)8-16)13(19)14-10(12(17)18)4-3-7-20-2/h9-11,16H,3-8H2,1-2H3,(H,14,19)(H,17,18). The lowest BCUT2D eigenvalue weighted by Gasteiger charge is -2.27. The van der Waals surface area contributed by atoms with E-state index in [1.807, 2.05) is 6.92 Å². The highest BCUT2D eigenvalue weighted by Gasteiger charge is 2.35. The van der Waals surface area contributed by atoms with E-state index in [0.29, 0.717) is 26.0 Å². The van der Waals surface area contributed by atoms with Crippen LogP contribution in [0.5, 0.6) is 0 Å². The molecule has 1 fully saturated rings. The summed E-state index contributed by atoms with van der Waals surface area (Å²) in [5, 5.41) is 21.0. The van der Waals surface area contributed by atoms with E-state index in [-0.39, 0.29) is 18.6 Å². The summed E-state index contributed by atoms with van der Waals surface area (Å²) < 4.78 is 4.88. The van der Waals surface area contributed by atoms with Crippen molar-refractivity contribution in [2.45, 2.75) is 38.3 Å². The largest absolute Gasteiger partial charge is 0.480 e. The van der Waals surface area contributed by atoms with Gasteiger partial charge in [-0.25, -0.2) is 9.59 Å². The van der Waals surface area contributed by atoms with Crippen LogP contribution >= 0.6 is 0 Å². The molecule has 0 aromatic carbocycles. The van der Waals surface area contributed by atoms with E-state index in [2.05, 4.69) is 5.32 Å². The summed E-state index contributed by atoms with van der Waals surface area (Å²) in [7, 11) is 1.55. The maximum atomic E-state index is 12.1. The van der Waals surface area contributed by atoms with E-state index >= 15 is 0 Å². The predicted molar refractivity (Wildman–Crippen MR) is 72.4 cm³/mol. The first-order chi connectivity index (χ1) is 9.51. The Morgan fingerprint density at radius 1 is 1.50 bits per heavy atom. The van der Waals surface area contributed by atoms with Crippen LogP contribution < -0.4 is 5.32 Å². The fraction of sp³-hybridized carbons (Fsp3) is 0.846. The Labute approximate surface area is 118 Å². The van der Waals surface area contributed by atoms with Gasteiger partial charge in [0.25, 0.3) is 0 Å². The molecule has 1 rings (SSSR count). The van der Waals surface area contributed by atoms with Crippen molar-refractivity contribution in [1.82, 2.24) is 10.2 Å². The number of carboxylic acid groups (broad SMARTS) is 1. The molecule has 2 amide bonds. The van der Waals surface area contributed by atoms with Gasteiger partial charge >= 0.3 is 12.0 Å². The maximum Gasteiger partial charge on any atom is 0.326 e. The van der Waals surface area contributed by atoms with Crippen LogP contribution in [0.1, 0.15) is 26.2 Å². The number of carbonyl (C=O) groups excluding carboxylic acids is 1. The maximum absolute atomic E-state index is 12.1. The minimum Gasteiger partial charge on any atom is -0.480 e. The Bertz CT molecular complexity index is 337. The predicted octanol–water partition coefficient (Wildman–Crippen LogP) is 0.279. The van der Waals surface area contributed by atoms with Gasteiger partial charge in [0.1, 0.15) is 6.04 Å². The van der Waals surface area contributed by atoms with Crippen molar-refractivity contribution in [3.8, 4) is 0 Å². The lowest BCUT2D eigenvalue weighted by atomic mass is 10.0. The van der Waals surface area contributed by atoms with Crippen LogP contribution in [0.25, 0.3) is 0 Å². The molecule has 7 heteroatoms. The number of nitrogens with zero attached hydrogens (tertiary/aromatic N) is 1. The summed E-state index contributed by atoms with van der Waals surface area (Å²) in [5.74, 6) is -0.829. The smallest absolute Gasteiger partial charge is 0.326 e. The summed E-state index contributed by atoms with van der Waals surface area (Å²) >= 11 is 0. The van der Waals surface area contributed by atoms with Crippen molar-refractivity contribution in [2.24, 2.45) is 5.92 Å². The van der Waals surface area contributed by atoms with E-state index in [1.54, 1.807) is 7.11 Å². The number of rotatable bonds is 7. The molecule has 0 bridgehead atoms. The van der Waals surface area contributed by atoms with Gasteiger partial charge in [-0.2, -0.15) is 0 Å². The molecule has 1 saturated heterocycles. The summed E-state index contributed by atoms with van der Waals surface area (Å²) in [4.78, 5) is 24.8. The molecule has 0 radical (unpaired) electrons. The lowest BCUT2D eigenvalue weighted by molar-refractivity contribution is -0.139. The molecule has 3 atom stereocenters. The second-order valence-corrected chi connectivity index (χ2v) is 5.18. The van der Waals surface area contributed by atoms with Crippen molar-refractivity contribution >= 4 is 12.0 Å². The van der Waals surface area contributed by atoms with Gasteiger partial charge in [-0.05, 0) is 25.2 Å². The van der Waals surface area contributed by atoms with Gasteiger partial charge in [0.15, 0.2) is 0 Å². The number of hydrogen-bond donors (Lipinski definition) is 3. The van der Waals surface area contributed by atoms with Crippen molar-refractivity contribution < 1.29 is 24.5 Å². The molecule has 3 N–H and O–H groups in total. The molecule has 20 heavy (non-hydrogen) atoms. The van der Waals surface area contributed by atoms with Gasteiger partial charge in [0.2, 0.25) is 0 Å². The number of carbonyl (C=O) groups is 2. The van der Waals surface area contributed by atoms with Crippen LogP contribution in [0, 0.1) is 5.92 Å². The normalized spacial score (nSPS) is 23.6. The molecule has 0 aromatic heterocycles. The number of aliphatic hydroxyl groups is 1. The molecule has 0 aliphatic carbocycles. The van der Waals surface area contributed by atoms with E-state index < -0.39 is 18.0 Å². The topological polar surface area (TPSA) is 99.1 Å². The Morgan fingerprint density at radius 3 is 2.75 bits per heavy atom. The highest BCUT2D eigenvalue weighted by molar-refractivity contribution is 5.82. The number of aliphatic hydroxyl groups excluding tert-OH is 1. The van der Waals surface area contributed by atoms with E-state index in [9.17, 15) is 14.7 Å². The van der Waals surface area contributed by atoms with Gasteiger partial charge in [-0.1, -0.05) is 6.92 Å². The molecule has 1 aliphatic heterocycles. The third-order valence-corrected chi connectivity index (χ3v) is 3.77. The minimum atomic E-state index is -1.05. The van der Waals surface area contributed by atoms with E-state index in [4.69, 9.17) is 9.84 Å². The Morgan fingerprint density at radius 2 is 2.20 bits per heavy atom. The van der Waals surface area contributed by atoms with Crippen molar-refractivity contribution in [3.05, 3.63) is 0 Å². The average molecular weight is 288 g/mol. The first-order valence-electron chi connectivity index (χ1n) is 6.91. The molecule has 0 aromatic rings. The van der Waals surface area contributed by atoms with Crippen LogP contribution in [0.2, 0.25) is 0 Å². The minimum absolute atomic E-state index is 0.101. The van der Waals surface area contributed by atoms with Crippen LogP contribution in [0.4, 0.5) is 4.79 Å². The van der Waals surface area contributed by atoms with Crippen molar-refractivity contribution in [2.75, 3.05) is 26.9 Å². The Hall–Kier alpha value is -1.34. The molecule has 116 valence electrons. The first-order valence-corrected chi connectivity index (χ1v) is 6.91. The van der Waals surface area contributed by atoms with Gasteiger partial charge in [-0.15, -0.1) is 0 Å².